The van der Waals surface area contributed by atoms with E-state index in [-0.39, 0.29) is 18.0 Å². The van der Waals surface area contributed by atoms with Gasteiger partial charge >= 0.3 is 5.97 Å². The zero-order valence-corrected chi connectivity index (χ0v) is 11.9. The van der Waals surface area contributed by atoms with Crippen molar-refractivity contribution < 1.29 is 23.8 Å². The molecule has 5 nitrogen and oxygen atoms in total. The third kappa shape index (κ3) is 2.72. The highest BCUT2D eigenvalue weighted by molar-refractivity contribution is 5.84. The van der Waals surface area contributed by atoms with E-state index in [0.29, 0.717) is 11.5 Å². The maximum Gasteiger partial charge on any atom is 0.371 e. The summed E-state index contributed by atoms with van der Waals surface area (Å²) < 4.78 is 16.8. The maximum absolute atomic E-state index is 10.8. The number of ether oxygens (including phenoxy) is 2. The number of benzene rings is 1. The van der Waals surface area contributed by atoms with Crippen molar-refractivity contribution in [3.05, 3.63) is 47.4 Å². The number of carbonyl (C=O) groups is 1. The van der Waals surface area contributed by atoms with Gasteiger partial charge in [0.05, 0.1) is 0 Å². The Morgan fingerprint density at radius 2 is 2.14 bits per heavy atom. The van der Waals surface area contributed by atoms with E-state index in [4.69, 9.17) is 19.0 Å². The van der Waals surface area contributed by atoms with Gasteiger partial charge in [-0.2, -0.15) is 0 Å². The van der Waals surface area contributed by atoms with Crippen LogP contribution in [0.4, 0.5) is 0 Å². The molecule has 0 radical (unpaired) electrons. The molecule has 0 fully saturated rings. The average Bonchev–Trinajstić information content (AvgIpc) is 2.98. The lowest BCUT2D eigenvalue weighted by Crippen LogP contribution is -2.24. The van der Waals surface area contributed by atoms with E-state index in [9.17, 15) is 4.79 Å². The minimum atomic E-state index is -1.09. The topological polar surface area (TPSA) is 68.9 Å². The van der Waals surface area contributed by atoms with Gasteiger partial charge in [0, 0.05) is 12.0 Å². The van der Waals surface area contributed by atoms with E-state index in [1.807, 2.05) is 32.0 Å². The lowest BCUT2D eigenvalue weighted by Gasteiger charge is -2.18. The van der Waals surface area contributed by atoms with Crippen LogP contribution in [-0.4, -0.2) is 16.7 Å². The number of fused-ring (bicyclic) bond motifs is 1. The molecule has 2 heterocycles. The highest BCUT2D eigenvalue weighted by Crippen LogP contribution is 2.41. The summed E-state index contributed by atoms with van der Waals surface area (Å²) in [4.78, 5) is 10.8. The van der Waals surface area contributed by atoms with Crippen LogP contribution in [0.3, 0.4) is 0 Å². The van der Waals surface area contributed by atoms with Crippen molar-refractivity contribution in [2.24, 2.45) is 0 Å². The van der Waals surface area contributed by atoms with Crippen molar-refractivity contribution in [1.82, 2.24) is 0 Å². The van der Waals surface area contributed by atoms with Crippen LogP contribution in [0.5, 0.6) is 11.5 Å². The Bertz CT molecular complexity index is 684. The van der Waals surface area contributed by atoms with Crippen molar-refractivity contribution in [1.29, 1.82) is 0 Å². The van der Waals surface area contributed by atoms with Gasteiger partial charge in [0.2, 0.25) is 5.76 Å². The lowest BCUT2D eigenvalue weighted by molar-refractivity contribution is 0.0657. The number of carboxylic acids is 1. The molecule has 1 aliphatic heterocycles. The van der Waals surface area contributed by atoms with E-state index < -0.39 is 5.97 Å². The van der Waals surface area contributed by atoms with Crippen LogP contribution in [0.15, 0.2) is 34.7 Å². The molecule has 21 heavy (non-hydrogen) atoms. The quantitative estimate of drug-likeness (QED) is 0.935. The number of furan rings is 1. The minimum Gasteiger partial charge on any atom is -0.483 e. The smallest absolute Gasteiger partial charge is 0.371 e. The van der Waals surface area contributed by atoms with Gasteiger partial charge in [0.15, 0.2) is 11.5 Å². The largest absolute Gasteiger partial charge is 0.483 e. The minimum absolute atomic E-state index is 0.0933. The number of aromatic carboxylic acids is 1. The van der Waals surface area contributed by atoms with Gasteiger partial charge in [0.25, 0.3) is 0 Å². The van der Waals surface area contributed by atoms with Crippen molar-refractivity contribution >= 4 is 5.97 Å². The standard InChI is InChI=1S/C16H16O5/c1-16(2)8-10-4-3-5-12(14(10)21-16)19-9-11-6-7-13(20-11)15(17)18/h3-7H,8-9H2,1-2H3,(H,17,18). The molecule has 0 saturated carbocycles. The van der Waals surface area contributed by atoms with Crippen molar-refractivity contribution in [3.8, 4) is 11.5 Å². The van der Waals surface area contributed by atoms with Gasteiger partial charge in [-0.3, -0.25) is 0 Å². The molecule has 0 spiro atoms. The molecule has 1 N–H and O–H groups in total. The van der Waals surface area contributed by atoms with E-state index in [1.54, 1.807) is 6.07 Å². The number of hydrogen-bond donors (Lipinski definition) is 1. The van der Waals surface area contributed by atoms with Gasteiger partial charge in [-0.15, -0.1) is 0 Å². The summed E-state index contributed by atoms with van der Waals surface area (Å²) in [6.45, 7) is 4.22. The summed E-state index contributed by atoms with van der Waals surface area (Å²) >= 11 is 0. The molecule has 0 aliphatic carbocycles. The summed E-state index contributed by atoms with van der Waals surface area (Å²) in [5, 5.41) is 8.81. The van der Waals surface area contributed by atoms with Crippen molar-refractivity contribution in [3.63, 3.8) is 0 Å². The number of hydrogen-bond acceptors (Lipinski definition) is 4. The Kier molecular flexibility index (Phi) is 3.12. The fourth-order valence-corrected chi connectivity index (χ4v) is 2.42. The summed E-state index contributed by atoms with van der Waals surface area (Å²) in [5.41, 5.74) is 0.881. The summed E-state index contributed by atoms with van der Waals surface area (Å²) in [6.07, 6.45) is 0.837. The van der Waals surface area contributed by atoms with Crippen LogP contribution in [0.1, 0.15) is 35.7 Å². The zero-order valence-electron chi connectivity index (χ0n) is 11.9. The Balaban J connectivity index is 1.75. The van der Waals surface area contributed by atoms with Gasteiger partial charge in [0.1, 0.15) is 18.0 Å². The van der Waals surface area contributed by atoms with E-state index in [0.717, 1.165) is 17.7 Å². The fraction of sp³-hybridized carbons (Fsp3) is 0.312. The molecule has 1 aliphatic rings. The van der Waals surface area contributed by atoms with Crippen molar-refractivity contribution in [2.45, 2.75) is 32.5 Å². The van der Waals surface area contributed by atoms with E-state index in [2.05, 4.69) is 0 Å². The number of para-hydroxylation sites is 1. The molecular formula is C16H16O5. The third-order valence-electron chi connectivity index (χ3n) is 3.30. The predicted octanol–water partition coefficient (Wildman–Crippen LogP) is 3.27. The zero-order chi connectivity index (χ0) is 15.0. The highest BCUT2D eigenvalue weighted by atomic mass is 16.5. The van der Waals surface area contributed by atoms with E-state index in [1.165, 1.54) is 6.07 Å². The molecule has 2 aromatic rings. The second kappa shape index (κ2) is 4.84. The second-order valence-corrected chi connectivity index (χ2v) is 5.64. The van der Waals surface area contributed by atoms with Gasteiger partial charge < -0.3 is 19.0 Å². The van der Waals surface area contributed by atoms with Crippen molar-refractivity contribution in [2.75, 3.05) is 0 Å². The molecular weight excluding hydrogens is 272 g/mol. The van der Waals surface area contributed by atoms with Crippen LogP contribution in [-0.2, 0) is 13.0 Å². The first kappa shape index (κ1) is 13.5. The van der Waals surface area contributed by atoms with Crippen LogP contribution in [0.2, 0.25) is 0 Å². The summed E-state index contributed by atoms with van der Waals surface area (Å²) in [7, 11) is 0. The molecule has 0 atom stereocenters. The predicted molar refractivity (Wildman–Crippen MR) is 74.9 cm³/mol. The summed E-state index contributed by atoms with van der Waals surface area (Å²) in [5.74, 6) is 0.678. The Morgan fingerprint density at radius 1 is 1.33 bits per heavy atom. The van der Waals surface area contributed by atoms with Crippen LogP contribution >= 0.6 is 0 Å². The van der Waals surface area contributed by atoms with Crippen LogP contribution in [0.25, 0.3) is 0 Å². The first-order valence-corrected chi connectivity index (χ1v) is 6.70. The molecule has 5 heteroatoms. The first-order valence-electron chi connectivity index (χ1n) is 6.70. The lowest BCUT2D eigenvalue weighted by atomic mass is 10.0. The molecule has 0 unspecified atom stereocenters. The molecule has 0 bridgehead atoms. The molecule has 0 amide bonds. The SMILES string of the molecule is CC1(C)Cc2cccc(OCc3ccc(C(=O)O)o3)c2O1. The highest BCUT2D eigenvalue weighted by Gasteiger charge is 2.32. The normalized spacial score (nSPS) is 15.3. The van der Waals surface area contributed by atoms with Gasteiger partial charge in [-0.1, -0.05) is 12.1 Å². The third-order valence-corrected chi connectivity index (χ3v) is 3.30. The van der Waals surface area contributed by atoms with Crippen LogP contribution in [0, 0.1) is 0 Å². The van der Waals surface area contributed by atoms with Gasteiger partial charge in [-0.25, -0.2) is 4.79 Å². The van der Waals surface area contributed by atoms with Gasteiger partial charge in [-0.05, 0) is 32.0 Å². The monoisotopic (exact) mass is 288 g/mol. The molecule has 1 aromatic carbocycles. The molecule has 1 aromatic heterocycles. The van der Waals surface area contributed by atoms with Crippen LogP contribution < -0.4 is 9.47 Å². The number of carboxylic acid groups (broad SMARTS) is 1. The molecule has 0 saturated heterocycles. The second-order valence-electron chi connectivity index (χ2n) is 5.64. The fourth-order valence-electron chi connectivity index (χ4n) is 2.42. The molecule has 110 valence electrons. The Labute approximate surface area is 122 Å². The average molecular weight is 288 g/mol. The van der Waals surface area contributed by atoms with E-state index >= 15 is 0 Å². The Hall–Kier alpha value is -2.43. The maximum atomic E-state index is 10.8. The first-order chi connectivity index (χ1) is 9.94. The number of rotatable bonds is 4. The molecule has 3 rings (SSSR count). The summed E-state index contributed by atoms with van der Waals surface area (Å²) in [6, 6.07) is 8.78. The Morgan fingerprint density at radius 3 is 2.86 bits per heavy atom.